The Kier molecular flexibility index (Phi) is 3.34. The molecule has 1 unspecified atom stereocenters. The van der Waals surface area contributed by atoms with Gasteiger partial charge in [0.05, 0.1) is 12.6 Å². The normalized spacial score (nSPS) is 17.7. The minimum absolute atomic E-state index is 0.190. The molecule has 0 spiro atoms. The van der Waals surface area contributed by atoms with Gasteiger partial charge in [0, 0.05) is 0 Å². The topological polar surface area (TPSA) is 21.3 Å². The molecule has 1 aromatic rings. The number of halogens is 1. The van der Waals surface area contributed by atoms with Crippen LogP contribution in [0.1, 0.15) is 31.4 Å². The van der Waals surface area contributed by atoms with Crippen molar-refractivity contribution in [2.45, 2.75) is 25.8 Å². The zero-order chi connectivity index (χ0) is 10.7. The van der Waals surface area contributed by atoms with Gasteiger partial charge in [0.25, 0.3) is 0 Å². The minimum atomic E-state index is -0.190. The first-order valence-electron chi connectivity index (χ1n) is 5.44. The molecule has 0 heterocycles. The number of nitrogens with one attached hydrogen (secondary N) is 1. The molecule has 0 amide bonds. The molecular weight excluding hydrogens is 193 g/mol. The zero-order valence-corrected chi connectivity index (χ0v) is 8.87. The van der Waals surface area contributed by atoms with Crippen molar-refractivity contribution in [3.8, 4) is 0 Å². The van der Waals surface area contributed by atoms with E-state index in [0.29, 0.717) is 12.5 Å². The first-order valence-corrected chi connectivity index (χ1v) is 5.44. The summed E-state index contributed by atoms with van der Waals surface area (Å²) in [5.41, 5.74) is 4.15. The van der Waals surface area contributed by atoms with Crippen molar-refractivity contribution in [2.24, 2.45) is 5.92 Å². The predicted octanol–water partition coefficient (Wildman–Crippen LogP) is 2.82. The molecular formula is C12H16FNO. The van der Waals surface area contributed by atoms with Crippen LogP contribution in [-0.2, 0) is 4.84 Å². The fourth-order valence-corrected chi connectivity index (χ4v) is 1.71. The molecule has 1 fully saturated rings. The lowest BCUT2D eigenvalue weighted by Gasteiger charge is -2.17. The second-order valence-corrected chi connectivity index (χ2v) is 3.92. The van der Waals surface area contributed by atoms with Gasteiger partial charge in [-0.25, -0.2) is 4.39 Å². The van der Waals surface area contributed by atoms with Crippen molar-refractivity contribution in [3.05, 3.63) is 35.6 Å². The maximum absolute atomic E-state index is 12.8. The summed E-state index contributed by atoms with van der Waals surface area (Å²) in [7, 11) is 0. The summed E-state index contributed by atoms with van der Waals surface area (Å²) in [6.07, 6.45) is 2.45. The van der Waals surface area contributed by atoms with Gasteiger partial charge < -0.3 is 4.84 Å². The van der Waals surface area contributed by atoms with E-state index in [1.165, 1.54) is 25.0 Å². The maximum Gasteiger partial charge on any atom is 0.123 e. The van der Waals surface area contributed by atoms with Gasteiger partial charge in [-0.05, 0) is 43.4 Å². The van der Waals surface area contributed by atoms with Crippen molar-refractivity contribution in [1.82, 2.24) is 5.48 Å². The smallest absolute Gasteiger partial charge is 0.123 e. The highest BCUT2D eigenvalue weighted by Gasteiger charge is 2.32. The third-order valence-corrected chi connectivity index (χ3v) is 2.68. The first kappa shape index (κ1) is 10.6. The van der Waals surface area contributed by atoms with E-state index in [2.05, 4.69) is 5.48 Å². The van der Waals surface area contributed by atoms with Crippen molar-refractivity contribution >= 4 is 0 Å². The lowest BCUT2D eigenvalue weighted by molar-refractivity contribution is 0.0183. The van der Waals surface area contributed by atoms with Gasteiger partial charge in [-0.3, -0.25) is 0 Å². The van der Waals surface area contributed by atoms with Gasteiger partial charge in [-0.15, -0.1) is 0 Å². The number of hydrogen-bond acceptors (Lipinski definition) is 2. The van der Waals surface area contributed by atoms with E-state index < -0.39 is 0 Å². The largest absolute Gasteiger partial charge is 0.301 e. The van der Waals surface area contributed by atoms with Crippen LogP contribution in [-0.4, -0.2) is 6.61 Å². The van der Waals surface area contributed by atoms with Crippen LogP contribution >= 0.6 is 0 Å². The molecule has 2 rings (SSSR count). The molecule has 1 aliphatic rings. The van der Waals surface area contributed by atoms with E-state index in [1.807, 2.05) is 19.1 Å². The van der Waals surface area contributed by atoms with Crippen LogP contribution in [0.15, 0.2) is 24.3 Å². The summed E-state index contributed by atoms with van der Waals surface area (Å²) in [5, 5.41) is 0. The molecule has 1 atom stereocenters. The van der Waals surface area contributed by atoms with Crippen molar-refractivity contribution < 1.29 is 9.23 Å². The SMILES string of the molecule is CCONC(c1ccc(F)cc1)C1CC1. The second kappa shape index (κ2) is 4.73. The van der Waals surface area contributed by atoms with Crippen LogP contribution in [0.2, 0.25) is 0 Å². The molecule has 2 nitrogen and oxygen atoms in total. The summed E-state index contributed by atoms with van der Waals surface area (Å²) in [6.45, 7) is 2.59. The van der Waals surface area contributed by atoms with Crippen molar-refractivity contribution in [1.29, 1.82) is 0 Å². The molecule has 0 aliphatic heterocycles. The van der Waals surface area contributed by atoms with Crippen molar-refractivity contribution in [3.63, 3.8) is 0 Å². The standard InChI is InChI=1S/C12H16FNO/c1-2-15-14-12(9-3-4-9)10-5-7-11(13)8-6-10/h5-9,12,14H,2-4H2,1H3. The van der Waals surface area contributed by atoms with E-state index in [1.54, 1.807) is 0 Å². The Bertz CT molecular complexity index is 308. The van der Waals surface area contributed by atoms with Crippen LogP contribution < -0.4 is 5.48 Å². The highest BCUT2D eigenvalue weighted by atomic mass is 19.1. The van der Waals surface area contributed by atoms with Crippen LogP contribution in [0.5, 0.6) is 0 Å². The number of hydrogen-bond donors (Lipinski definition) is 1. The Morgan fingerprint density at radius 1 is 1.40 bits per heavy atom. The molecule has 0 saturated heterocycles. The summed E-state index contributed by atoms with van der Waals surface area (Å²) < 4.78 is 12.8. The highest BCUT2D eigenvalue weighted by Crippen LogP contribution is 2.40. The van der Waals surface area contributed by atoms with Gasteiger partial charge in [0.2, 0.25) is 0 Å². The molecule has 1 N–H and O–H groups in total. The fourth-order valence-electron chi connectivity index (χ4n) is 1.71. The lowest BCUT2D eigenvalue weighted by Crippen LogP contribution is -2.23. The minimum Gasteiger partial charge on any atom is -0.301 e. The second-order valence-electron chi connectivity index (χ2n) is 3.92. The van der Waals surface area contributed by atoms with E-state index in [4.69, 9.17) is 4.84 Å². The van der Waals surface area contributed by atoms with Gasteiger partial charge in [0.1, 0.15) is 5.82 Å². The number of rotatable bonds is 5. The Balaban J connectivity index is 2.06. The summed E-state index contributed by atoms with van der Waals surface area (Å²) in [5.74, 6) is 0.451. The average Bonchev–Trinajstić information content (AvgIpc) is 3.05. The summed E-state index contributed by atoms with van der Waals surface area (Å²) >= 11 is 0. The van der Waals surface area contributed by atoms with Gasteiger partial charge in [0.15, 0.2) is 0 Å². The maximum atomic E-state index is 12.8. The molecule has 0 bridgehead atoms. The Labute approximate surface area is 89.4 Å². The molecule has 0 aromatic heterocycles. The number of hydroxylamine groups is 1. The average molecular weight is 209 g/mol. The van der Waals surface area contributed by atoms with Gasteiger partial charge >= 0.3 is 0 Å². The number of benzene rings is 1. The molecule has 3 heteroatoms. The zero-order valence-electron chi connectivity index (χ0n) is 8.87. The molecule has 1 saturated carbocycles. The van der Waals surface area contributed by atoms with E-state index in [9.17, 15) is 4.39 Å². The molecule has 1 aromatic carbocycles. The summed E-state index contributed by atoms with van der Waals surface area (Å²) in [4.78, 5) is 5.24. The highest BCUT2D eigenvalue weighted by molar-refractivity contribution is 5.21. The van der Waals surface area contributed by atoms with Crippen molar-refractivity contribution in [2.75, 3.05) is 6.61 Å². The molecule has 0 radical (unpaired) electrons. The van der Waals surface area contributed by atoms with Gasteiger partial charge in [-0.1, -0.05) is 12.1 Å². The van der Waals surface area contributed by atoms with E-state index in [-0.39, 0.29) is 11.9 Å². The van der Waals surface area contributed by atoms with Crippen LogP contribution in [0.4, 0.5) is 4.39 Å². The Hall–Kier alpha value is -0.930. The van der Waals surface area contributed by atoms with Gasteiger partial charge in [-0.2, -0.15) is 5.48 Å². The first-order chi connectivity index (χ1) is 7.31. The summed E-state index contributed by atoms with van der Waals surface area (Å²) in [6, 6.07) is 6.86. The van der Waals surface area contributed by atoms with E-state index >= 15 is 0 Å². The molecule has 1 aliphatic carbocycles. The van der Waals surface area contributed by atoms with E-state index in [0.717, 1.165) is 5.56 Å². The Morgan fingerprint density at radius 2 is 2.07 bits per heavy atom. The van der Waals surface area contributed by atoms with Crippen LogP contribution in [0.3, 0.4) is 0 Å². The molecule has 15 heavy (non-hydrogen) atoms. The third kappa shape index (κ3) is 2.76. The Morgan fingerprint density at radius 3 is 2.60 bits per heavy atom. The monoisotopic (exact) mass is 209 g/mol. The molecule has 82 valence electrons. The predicted molar refractivity (Wildman–Crippen MR) is 56.6 cm³/mol. The fraction of sp³-hybridized carbons (Fsp3) is 0.500. The van der Waals surface area contributed by atoms with Crippen LogP contribution in [0.25, 0.3) is 0 Å². The third-order valence-electron chi connectivity index (χ3n) is 2.68. The van der Waals surface area contributed by atoms with Crippen LogP contribution in [0, 0.1) is 11.7 Å². The lowest BCUT2D eigenvalue weighted by atomic mass is 10.0. The quantitative estimate of drug-likeness (QED) is 0.753.